The molecule has 0 amide bonds. The molecular weight excluding hydrogens is 270 g/mol. The highest BCUT2D eigenvalue weighted by Gasteiger charge is 2.26. The van der Waals surface area contributed by atoms with Gasteiger partial charge < -0.3 is 0 Å². The number of rotatable bonds is 6. The number of nitro benzene ring substituents is 1. The van der Waals surface area contributed by atoms with Gasteiger partial charge in [0.2, 0.25) is 10.0 Å². The third-order valence-corrected chi connectivity index (χ3v) is 4.07. The summed E-state index contributed by atoms with van der Waals surface area (Å²) in [7, 11) is -4.01. The highest BCUT2D eigenvalue weighted by atomic mass is 32.2. The average Bonchev–Trinajstić information content (AvgIpc) is 2.38. The van der Waals surface area contributed by atoms with Gasteiger partial charge in [-0.25, -0.2) is 13.1 Å². The Morgan fingerprint density at radius 1 is 1.47 bits per heavy atom. The number of para-hydroxylation sites is 1. The molecule has 0 aromatic heterocycles. The first-order valence-corrected chi connectivity index (χ1v) is 7.03. The Kier molecular flexibility index (Phi) is 4.97. The van der Waals surface area contributed by atoms with Crippen LogP contribution >= 0.6 is 0 Å². The van der Waals surface area contributed by atoms with Gasteiger partial charge in [-0.05, 0) is 12.5 Å². The van der Waals surface area contributed by atoms with E-state index >= 15 is 0 Å². The molecule has 0 saturated heterocycles. The van der Waals surface area contributed by atoms with Crippen molar-refractivity contribution in [2.45, 2.75) is 30.7 Å². The summed E-state index contributed by atoms with van der Waals surface area (Å²) in [6.07, 6.45) is 0.434. The molecule has 1 N–H and O–H groups in total. The summed E-state index contributed by atoms with van der Waals surface area (Å²) in [4.78, 5) is 9.67. The largest absolute Gasteiger partial charge is 0.289 e. The predicted molar refractivity (Wildman–Crippen MR) is 67.7 cm³/mol. The van der Waals surface area contributed by atoms with E-state index in [9.17, 15) is 18.5 Å². The molecule has 0 bridgehead atoms. The lowest BCUT2D eigenvalue weighted by molar-refractivity contribution is -0.387. The number of hydrogen-bond acceptors (Lipinski definition) is 5. The van der Waals surface area contributed by atoms with Crippen LogP contribution in [0.4, 0.5) is 5.69 Å². The Bertz CT molecular complexity index is 607. The van der Waals surface area contributed by atoms with Gasteiger partial charge in [0, 0.05) is 12.1 Å². The summed E-state index contributed by atoms with van der Waals surface area (Å²) in [6, 6.07) is 6.40. The average molecular weight is 283 g/mol. The van der Waals surface area contributed by atoms with Crippen LogP contribution in [0.3, 0.4) is 0 Å². The molecule has 0 saturated carbocycles. The van der Waals surface area contributed by atoms with Crippen molar-refractivity contribution in [3.8, 4) is 6.07 Å². The molecule has 7 nitrogen and oxygen atoms in total. The topological polar surface area (TPSA) is 113 Å². The van der Waals surface area contributed by atoms with E-state index < -0.39 is 31.6 Å². The first kappa shape index (κ1) is 15.1. The summed E-state index contributed by atoms with van der Waals surface area (Å²) < 4.78 is 26.5. The summed E-state index contributed by atoms with van der Waals surface area (Å²) in [5, 5.41) is 19.4. The van der Waals surface area contributed by atoms with Crippen LogP contribution in [-0.4, -0.2) is 19.4 Å². The Hall–Kier alpha value is -1.98. The van der Waals surface area contributed by atoms with E-state index in [2.05, 4.69) is 4.72 Å². The van der Waals surface area contributed by atoms with Crippen LogP contribution in [0.1, 0.15) is 19.8 Å². The minimum atomic E-state index is -4.01. The lowest BCUT2D eigenvalue weighted by Gasteiger charge is -2.13. The standard InChI is InChI=1S/C11H13N3O4S/c1-2-9(7-8-12)13-19(17,18)11-6-4-3-5-10(11)14(15)16/h3-6,9,13H,2,7H2,1H3. The van der Waals surface area contributed by atoms with Crippen molar-refractivity contribution in [2.24, 2.45) is 0 Å². The molecule has 0 aliphatic heterocycles. The van der Waals surface area contributed by atoms with Crippen LogP contribution in [0.15, 0.2) is 29.2 Å². The summed E-state index contributed by atoms with van der Waals surface area (Å²) in [5.41, 5.74) is -0.484. The number of nitro groups is 1. The predicted octanol–water partition coefficient (Wildman–Crippen LogP) is 1.57. The summed E-state index contributed by atoms with van der Waals surface area (Å²) in [5.74, 6) is 0. The molecule has 8 heteroatoms. The van der Waals surface area contributed by atoms with E-state index in [4.69, 9.17) is 5.26 Å². The molecule has 1 unspecified atom stereocenters. The molecule has 1 atom stereocenters. The van der Waals surface area contributed by atoms with Crippen LogP contribution < -0.4 is 4.72 Å². The van der Waals surface area contributed by atoms with Crippen LogP contribution in [-0.2, 0) is 10.0 Å². The minimum Gasteiger partial charge on any atom is -0.258 e. The van der Waals surface area contributed by atoms with Gasteiger partial charge in [-0.2, -0.15) is 5.26 Å². The van der Waals surface area contributed by atoms with E-state index in [1.165, 1.54) is 18.2 Å². The molecular formula is C11H13N3O4S. The highest BCUT2D eigenvalue weighted by molar-refractivity contribution is 7.89. The number of hydrogen-bond donors (Lipinski definition) is 1. The molecule has 0 radical (unpaired) electrons. The monoisotopic (exact) mass is 283 g/mol. The van der Waals surface area contributed by atoms with E-state index in [0.717, 1.165) is 6.07 Å². The van der Waals surface area contributed by atoms with Crippen molar-refractivity contribution in [1.29, 1.82) is 5.26 Å². The number of nitrogens with one attached hydrogen (secondary N) is 1. The van der Waals surface area contributed by atoms with Gasteiger partial charge in [-0.3, -0.25) is 10.1 Å². The molecule has 0 aliphatic carbocycles. The van der Waals surface area contributed by atoms with Gasteiger partial charge >= 0.3 is 0 Å². The second-order valence-electron chi connectivity index (χ2n) is 3.81. The van der Waals surface area contributed by atoms with Crippen LogP contribution in [0.25, 0.3) is 0 Å². The molecule has 19 heavy (non-hydrogen) atoms. The number of sulfonamides is 1. The SMILES string of the molecule is CCC(CC#N)NS(=O)(=O)c1ccccc1[N+](=O)[O-]. The van der Waals surface area contributed by atoms with Crippen LogP contribution in [0.2, 0.25) is 0 Å². The third kappa shape index (κ3) is 3.74. The highest BCUT2D eigenvalue weighted by Crippen LogP contribution is 2.23. The summed E-state index contributed by atoms with van der Waals surface area (Å²) >= 11 is 0. The minimum absolute atomic E-state index is 0.0103. The molecule has 1 aromatic carbocycles. The number of nitrogens with zero attached hydrogens (tertiary/aromatic N) is 2. The first-order chi connectivity index (χ1) is 8.92. The summed E-state index contributed by atoms with van der Waals surface area (Å²) in [6.45, 7) is 1.73. The van der Waals surface area contributed by atoms with Crippen LogP contribution in [0, 0.1) is 21.4 Å². The van der Waals surface area contributed by atoms with Gasteiger partial charge in [0.05, 0.1) is 17.4 Å². The van der Waals surface area contributed by atoms with Crippen LogP contribution in [0.5, 0.6) is 0 Å². The van der Waals surface area contributed by atoms with Gasteiger partial charge in [0.1, 0.15) is 0 Å². The van der Waals surface area contributed by atoms with Gasteiger partial charge in [-0.1, -0.05) is 19.1 Å². The second kappa shape index (κ2) is 6.26. The van der Waals surface area contributed by atoms with Crippen molar-refractivity contribution in [3.05, 3.63) is 34.4 Å². The normalized spacial score (nSPS) is 12.6. The maximum atomic E-state index is 12.1. The van der Waals surface area contributed by atoms with E-state index in [1.807, 2.05) is 6.07 Å². The van der Waals surface area contributed by atoms with E-state index in [-0.39, 0.29) is 6.42 Å². The number of nitriles is 1. The Balaban J connectivity index is 3.14. The van der Waals surface area contributed by atoms with Crippen molar-refractivity contribution in [1.82, 2.24) is 4.72 Å². The molecule has 1 rings (SSSR count). The Morgan fingerprint density at radius 2 is 2.11 bits per heavy atom. The van der Waals surface area contributed by atoms with E-state index in [1.54, 1.807) is 6.92 Å². The maximum Gasteiger partial charge on any atom is 0.289 e. The number of benzene rings is 1. The maximum absolute atomic E-state index is 12.1. The zero-order valence-electron chi connectivity index (χ0n) is 10.2. The lowest BCUT2D eigenvalue weighted by Crippen LogP contribution is -2.34. The van der Waals surface area contributed by atoms with Gasteiger partial charge in [0.15, 0.2) is 4.90 Å². The molecule has 0 fully saturated rings. The molecule has 102 valence electrons. The molecule has 0 aliphatic rings. The zero-order chi connectivity index (χ0) is 14.5. The lowest BCUT2D eigenvalue weighted by atomic mass is 10.2. The van der Waals surface area contributed by atoms with Gasteiger partial charge in [0.25, 0.3) is 5.69 Å². The first-order valence-electron chi connectivity index (χ1n) is 5.55. The molecule has 1 aromatic rings. The third-order valence-electron chi connectivity index (χ3n) is 2.50. The van der Waals surface area contributed by atoms with Gasteiger partial charge in [-0.15, -0.1) is 0 Å². The fraction of sp³-hybridized carbons (Fsp3) is 0.364. The Morgan fingerprint density at radius 3 is 2.63 bits per heavy atom. The zero-order valence-corrected chi connectivity index (χ0v) is 11.1. The fourth-order valence-electron chi connectivity index (χ4n) is 1.50. The van der Waals surface area contributed by atoms with Crippen molar-refractivity contribution >= 4 is 15.7 Å². The molecule has 0 heterocycles. The van der Waals surface area contributed by atoms with Crippen molar-refractivity contribution in [3.63, 3.8) is 0 Å². The Labute approximate surface area is 111 Å². The smallest absolute Gasteiger partial charge is 0.258 e. The van der Waals surface area contributed by atoms with Crippen molar-refractivity contribution in [2.75, 3.05) is 0 Å². The quantitative estimate of drug-likeness (QED) is 0.628. The fourth-order valence-corrected chi connectivity index (χ4v) is 2.99. The molecule has 0 spiro atoms. The second-order valence-corrected chi connectivity index (χ2v) is 5.50. The van der Waals surface area contributed by atoms with Crippen molar-refractivity contribution < 1.29 is 13.3 Å². The van der Waals surface area contributed by atoms with E-state index in [0.29, 0.717) is 6.42 Å².